The van der Waals surface area contributed by atoms with Crippen LogP contribution in [0.15, 0.2) is 48.8 Å². The molecular weight excluding hydrogens is 627 g/mol. The van der Waals surface area contributed by atoms with Gasteiger partial charge in [0.2, 0.25) is 21.8 Å². The molecule has 0 bridgehead atoms. The number of aromatic nitrogens is 3. The van der Waals surface area contributed by atoms with Gasteiger partial charge in [-0.15, -0.1) is 0 Å². The van der Waals surface area contributed by atoms with E-state index in [-0.39, 0.29) is 35.7 Å². The number of pyridine rings is 1. The average molecular weight is 664 g/mol. The molecule has 2 aromatic heterocycles. The summed E-state index contributed by atoms with van der Waals surface area (Å²) in [7, 11) is -3.21. The third-order valence-corrected chi connectivity index (χ3v) is 8.90. The van der Waals surface area contributed by atoms with E-state index in [1.165, 1.54) is 12.5 Å². The van der Waals surface area contributed by atoms with Crippen molar-refractivity contribution in [3.63, 3.8) is 0 Å². The second-order valence-corrected chi connectivity index (χ2v) is 13.5. The molecule has 1 aliphatic heterocycles. The van der Waals surface area contributed by atoms with Crippen molar-refractivity contribution >= 4 is 33.2 Å². The number of nitrogens with one attached hydrogen (secondary N) is 4. The number of anilines is 3. The molecule has 0 amide bonds. The van der Waals surface area contributed by atoms with Gasteiger partial charge in [0.25, 0.3) is 0 Å². The van der Waals surface area contributed by atoms with Crippen molar-refractivity contribution in [3.8, 4) is 0 Å². The lowest BCUT2D eigenvalue weighted by atomic mass is 9.84. The van der Waals surface area contributed by atoms with Gasteiger partial charge in [0, 0.05) is 50.1 Å². The molecule has 0 radical (unpaired) electrons. The van der Waals surface area contributed by atoms with Gasteiger partial charge in [0.05, 0.1) is 29.0 Å². The highest BCUT2D eigenvalue weighted by Crippen LogP contribution is 2.32. The first-order chi connectivity index (χ1) is 21.8. The first kappa shape index (κ1) is 33.3. The molecule has 3 heterocycles. The van der Waals surface area contributed by atoms with E-state index in [2.05, 4.69) is 40.5 Å². The van der Waals surface area contributed by atoms with Gasteiger partial charge in [0.1, 0.15) is 6.20 Å². The smallest absolute Gasteiger partial charge is 0.379 e. The Kier molecular flexibility index (Phi) is 10.2. The minimum absolute atomic E-state index is 0.0354. The lowest BCUT2D eigenvalue weighted by Crippen LogP contribution is -2.62. The Bertz CT molecular complexity index is 1630. The van der Waals surface area contributed by atoms with Crippen LogP contribution in [0.25, 0.3) is 0 Å². The van der Waals surface area contributed by atoms with Crippen LogP contribution < -0.4 is 20.7 Å². The fourth-order valence-corrected chi connectivity index (χ4v) is 6.54. The molecule has 248 valence electrons. The van der Waals surface area contributed by atoms with Crippen LogP contribution in [0, 0.1) is 16.0 Å². The molecule has 0 spiro atoms. The zero-order chi connectivity index (χ0) is 32.9. The van der Waals surface area contributed by atoms with Crippen molar-refractivity contribution in [2.24, 2.45) is 5.92 Å². The number of hydrogen-bond donors (Lipinski definition) is 4. The molecule has 1 aromatic carbocycles. The second kappa shape index (κ2) is 14.1. The Labute approximate surface area is 264 Å². The number of nitro groups is 1. The van der Waals surface area contributed by atoms with Gasteiger partial charge >= 0.3 is 11.9 Å². The molecule has 17 heteroatoms. The van der Waals surface area contributed by atoms with Crippen molar-refractivity contribution in [2.75, 3.05) is 41.8 Å². The van der Waals surface area contributed by atoms with Gasteiger partial charge < -0.3 is 16.0 Å². The highest BCUT2D eigenvalue weighted by atomic mass is 32.2. The summed E-state index contributed by atoms with van der Waals surface area (Å²) >= 11 is 0. The number of hydrogen-bond acceptors (Lipinski definition) is 11. The van der Waals surface area contributed by atoms with Crippen molar-refractivity contribution < 1.29 is 26.5 Å². The molecule has 3 aromatic rings. The van der Waals surface area contributed by atoms with Gasteiger partial charge in [-0.1, -0.05) is 12.1 Å². The summed E-state index contributed by atoms with van der Waals surface area (Å²) in [5, 5.41) is 21.0. The SMILES string of the molecule is CS(=O)(=O)NC1CN(C2CCC(CNc3nc(NCc4cccc(NCc5cc(C(F)(F)F)ccn5)c4)ncc3[N+](=O)[O-])CC2)C1. The van der Waals surface area contributed by atoms with E-state index in [0.29, 0.717) is 43.8 Å². The maximum Gasteiger partial charge on any atom is 0.416 e. The molecule has 0 atom stereocenters. The summed E-state index contributed by atoms with van der Waals surface area (Å²) in [6, 6.07) is 9.56. The number of likely N-dealkylation sites (tertiary alicyclic amines) is 1. The topological polar surface area (TPSA) is 167 Å². The molecule has 1 saturated carbocycles. The fourth-order valence-electron chi connectivity index (χ4n) is 5.78. The third kappa shape index (κ3) is 9.23. The van der Waals surface area contributed by atoms with E-state index in [0.717, 1.165) is 49.6 Å². The Morgan fingerprint density at radius 2 is 1.78 bits per heavy atom. The van der Waals surface area contributed by atoms with Crippen LogP contribution in [-0.4, -0.2) is 71.2 Å². The molecule has 1 aliphatic carbocycles. The van der Waals surface area contributed by atoms with Gasteiger partial charge in [-0.05, 0) is 61.4 Å². The number of rotatable bonds is 13. The van der Waals surface area contributed by atoms with E-state index in [9.17, 15) is 31.7 Å². The molecular formula is C29H36F3N9O4S. The average Bonchev–Trinajstić information content (AvgIpc) is 2.99. The Morgan fingerprint density at radius 3 is 2.48 bits per heavy atom. The highest BCUT2D eigenvalue weighted by molar-refractivity contribution is 7.88. The Morgan fingerprint density at radius 1 is 1.02 bits per heavy atom. The van der Waals surface area contributed by atoms with Crippen molar-refractivity contribution in [1.82, 2.24) is 24.6 Å². The number of alkyl halides is 3. The predicted octanol–water partition coefficient (Wildman–Crippen LogP) is 4.23. The lowest BCUT2D eigenvalue weighted by Gasteiger charge is -2.46. The minimum Gasteiger partial charge on any atom is -0.379 e. The summed E-state index contributed by atoms with van der Waals surface area (Å²) < 4.78 is 64.5. The van der Waals surface area contributed by atoms with E-state index in [4.69, 9.17) is 0 Å². The fraction of sp³-hybridized carbons (Fsp3) is 0.483. The van der Waals surface area contributed by atoms with Gasteiger partial charge in [0.15, 0.2) is 0 Å². The van der Waals surface area contributed by atoms with Crippen molar-refractivity contribution in [1.29, 1.82) is 0 Å². The number of sulfonamides is 1. The lowest BCUT2D eigenvalue weighted by molar-refractivity contribution is -0.384. The molecule has 2 aliphatic rings. The van der Waals surface area contributed by atoms with Crippen molar-refractivity contribution in [2.45, 2.75) is 57.0 Å². The molecule has 2 fully saturated rings. The summed E-state index contributed by atoms with van der Waals surface area (Å²) in [5.74, 6) is 0.652. The standard InChI is InChI=1S/C29H36F3N9O4S/c1-46(44,45)39-24-17-40(18-24)25-7-5-19(6-8-25)13-35-27-26(41(42)43)16-37-28(38-27)36-14-20-3-2-4-22(11-20)34-15-23-12-21(9-10-33-23)29(30,31)32/h2-4,9-12,16,19,24-25,34,39H,5-8,13-15,17-18H2,1H3,(H2,35,36,37,38). The quantitative estimate of drug-likeness (QED) is 0.153. The zero-order valence-electron chi connectivity index (χ0n) is 25.1. The van der Waals surface area contributed by atoms with E-state index >= 15 is 0 Å². The van der Waals surface area contributed by atoms with E-state index in [1.54, 1.807) is 12.1 Å². The number of halogens is 3. The van der Waals surface area contributed by atoms with Crippen LogP contribution in [0.2, 0.25) is 0 Å². The second-order valence-electron chi connectivity index (χ2n) is 11.7. The summed E-state index contributed by atoms with van der Waals surface area (Å²) in [4.78, 5) is 25.9. The molecule has 13 nitrogen and oxygen atoms in total. The van der Waals surface area contributed by atoms with Crippen LogP contribution in [0.4, 0.5) is 36.3 Å². The molecule has 0 unspecified atom stereocenters. The van der Waals surface area contributed by atoms with E-state index < -0.39 is 26.7 Å². The maximum atomic E-state index is 13.0. The van der Waals surface area contributed by atoms with E-state index in [1.807, 2.05) is 12.1 Å². The predicted molar refractivity (Wildman–Crippen MR) is 167 cm³/mol. The minimum atomic E-state index is -4.44. The summed E-state index contributed by atoms with van der Waals surface area (Å²) in [5.41, 5.74) is 0.776. The third-order valence-electron chi connectivity index (χ3n) is 8.14. The van der Waals surface area contributed by atoms with Crippen LogP contribution in [-0.2, 0) is 29.3 Å². The van der Waals surface area contributed by atoms with Crippen LogP contribution in [0.3, 0.4) is 0 Å². The monoisotopic (exact) mass is 663 g/mol. The van der Waals surface area contributed by atoms with Crippen LogP contribution in [0.5, 0.6) is 0 Å². The summed E-state index contributed by atoms with van der Waals surface area (Å²) in [6.45, 7) is 2.35. The largest absolute Gasteiger partial charge is 0.416 e. The Hall–Kier alpha value is -4.09. The Balaban J connectivity index is 1.11. The molecule has 1 saturated heterocycles. The molecule has 4 N–H and O–H groups in total. The van der Waals surface area contributed by atoms with Crippen molar-refractivity contribution in [3.05, 3.63) is 75.7 Å². The van der Waals surface area contributed by atoms with Gasteiger partial charge in [-0.25, -0.2) is 18.1 Å². The molecule has 5 rings (SSSR count). The highest BCUT2D eigenvalue weighted by Gasteiger charge is 2.36. The van der Waals surface area contributed by atoms with Crippen LogP contribution in [0.1, 0.15) is 42.5 Å². The normalized spacial score (nSPS) is 19.3. The number of benzene rings is 1. The first-order valence-corrected chi connectivity index (χ1v) is 16.8. The summed E-state index contributed by atoms with van der Waals surface area (Å²) in [6.07, 6.45) is 2.85. The first-order valence-electron chi connectivity index (χ1n) is 14.9. The zero-order valence-corrected chi connectivity index (χ0v) is 25.9. The maximum absolute atomic E-state index is 13.0. The van der Waals surface area contributed by atoms with Crippen LogP contribution >= 0.6 is 0 Å². The van der Waals surface area contributed by atoms with Gasteiger partial charge in [-0.2, -0.15) is 18.2 Å². The van der Waals surface area contributed by atoms with Gasteiger partial charge in [-0.3, -0.25) is 20.0 Å². The molecule has 46 heavy (non-hydrogen) atoms. The number of nitrogens with zero attached hydrogens (tertiary/aromatic N) is 5.